The molecule has 74 valence electrons. The Hall–Kier alpha value is -1.00. The van der Waals surface area contributed by atoms with Crippen LogP contribution in [0.3, 0.4) is 0 Å². The molecule has 1 fully saturated rings. The number of nitrogens with two attached hydrogens (primary N) is 2. The van der Waals surface area contributed by atoms with Gasteiger partial charge < -0.3 is 21.5 Å². The van der Waals surface area contributed by atoms with Crippen LogP contribution in [0.2, 0.25) is 0 Å². The minimum absolute atomic E-state index is 0.00986. The van der Waals surface area contributed by atoms with Gasteiger partial charge in [-0.1, -0.05) is 0 Å². The zero-order chi connectivity index (χ0) is 9.68. The van der Waals surface area contributed by atoms with E-state index in [1.54, 1.807) is 12.2 Å². The number of rotatable bonds is 2. The van der Waals surface area contributed by atoms with Gasteiger partial charge in [0.25, 0.3) is 0 Å². The summed E-state index contributed by atoms with van der Waals surface area (Å²) < 4.78 is 5.45. The molecular weight excluding hydrogens is 166 g/mol. The summed E-state index contributed by atoms with van der Waals surface area (Å²) in [5.74, 6) is 0. The molecule has 0 spiro atoms. The molecular formula is C9H17N3O. The third-order valence-electron chi connectivity index (χ3n) is 1.84. The number of morpholine rings is 1. The summed E-state index contributed by atoms with van der Waals surface area (Å²) in [7, 11) is 0. The van der Waals surface area contributed by atoms with Crippen molar-refractivity contribution in [2.45, 2.75) is 13.0 Å². The second kappa shape index (κ2) is 4.89. The van der Waals surface area contributed by atoms with Crippen molar-refractivity contribution in [1.82, 2.24) is 5.32 Å². The van der Waals surface area contributed by atoms with E-state index in [4.69, 9.17) is 16.2 Å². The molecule has 1 aliphatic rings. The van der Waals surface area contributed by atoms with Crippen molar-refractivity contribution in [2.24, 2.45) is 11.5 Å². The molecule has 0 aromatic carbocycles. The Balaban J connectivity index is 2.49. The van der Waals surface area contributed by atoms with E-state index >= 15 is 0 Å². The molecule has 0 aromatic rings. The number of hydrogen-bond donors (Lipinski definition) is 3. The van der Waals surface area contributed by atoms with Crippen LogP contribution in [0, 0.1) is 0 Å². The van der Waals surface area contributed by atoms with Crippen LogP contribution in [0.1, 0.15) is 6.92 Å². The van der Waals surface area contributed by atoms with Gasteiger partial charge in [0.05, 0.1) is 6.61 Å². The number of nitrogens with one attached hydrogen (secondary N) is 1. The summed E-state index contributed by atoms with van der Waals surface area (Å²) in [4.78, 5) is 0. The first-order valence-electron chi connectivity index (χ1n) is 4.42. The Morgan fingerprint density at radius 3 is 2.77 bits per heavy atom. The van der Waals surface area contributed by atoms with Crippen LogP contribution < -0.4 is 16.8 Å². The molecule has 0 amide bonds. The topological polar surface area (TPSA) is 73.3 Å². The Morgan fingerprint density at radius 2 is 2.23 bits per heavy atom. The maximum atomic E-state index is 5.79. The lowest BCUT2D eigenvalue weighted by atomic mass is 10.2. The molecule has 4 nitrogen and oxygen atoms in total. The normalized spacial score (nSPS) is 26.1. The Labute approximate surface area is 78.6 Å². The summed E-state index contributed by atoms with van der Waals surface area (Å²) in [5, 5.41) is 3.21. The Bertz CT molecular complexity index is 213. The monoisotopic (exact) mass is 183 g/mol. The average Bonchev–Trinajstić information content (AvgIpc) is 2.15. The van der Waals surface area contributed by atoms with Crippen molar-refractivity contribution in [1.29, 1.82) is 0 Å². The molecule has 13 heavy (non-hydrogen) atoms. The van der Waals surface area contributed by atoms with E-state index in [-0.39, 0.29) is 6.10 Å². The highest BCUT2D eigenvalue weighted by atomic mass is 16.5. The van der Waals surface area contributed by atoms with Crippen LogP contribution in [0.25, 0.3) is 0 Å². The molecule has 0 saturated carbocycles. The molecule has 0 bridgehead atoms. The SMILES string of the molecule is C/C(N)=C/C=C(\N)C1CNCCO1. The second-order valence-electron chi connectivity index (χ2n) is 3.14. The molecule has 0 aromatic heterocycles. The average molecular weight is 183 g/mol. The lowest BCUT2D eigenvalue weighted by Gasteiger charge is -2.23. The first-order valence-corrected chi connectivity index (χ1v) is 4.42. The van der Waals surface area contributed by atoms with Gasteiger partial charge in [0.1, 0.15) is 6.10 Å². The van der Waals surface area contributed by atoms with Crippen LogP contribution >= 0.6 is 0 Å². The van der Waals surface area contributed by atoms with Gasteiger partial charge in [-0.3, -0.25) is 0 Å². The zero-order valence-corrected chi connectivity index (χ0v) is 7.92. The van der Waals surface area contributed by atoms with Crippen LogP contribution in [-0.2, 0) is 4.74 Å². The summed E-state index contributed by atoms with van der Waals surface area (Å²) in [6, 6.07) is 0. The standard InChI is InChI=1S/C9H17N3O/c1-7(10)2-3-8(11)9-6-12-4-5-13-9/h2-3,9,12H,4-6,10-11H2,1H3/b7-2-,8-3-. The highest BCUT2D eigenvalue weighted by Crippen LogP contribution is 2.03. The van der Waals surface area contributed by atoms with Crippen molar-refractivity contribution in [2.75, 3.05) is 19.7 Å². The van der Waals surface area contributed by atoms with E-state index in [2.05, 4.69) is 5.32 Å². The largest absolute Gasteiger partial charge is 0.402 e. The molecule has 4 heteroatoms. The van der Waals surface area contributed by atoms with Crippen LogP contribution in [-0.4, -0.2) is 25.8 Å². The summed E-state index contributed by atoms with van der Waals surface area (Å²) in [6.07, 6.45) is 3.57. The summed E-state index contributed by atoms with van der Waals surface area (Å²) >= 11 is 0. The first-order chi connectivity index (χ1) is 6.20. The highest BCUT2D eigenvalue weighted by Gasteiger charge is 2.14. The quantitative estimate of drug-likeness (QED) is 0.513. The molecule has 1 unspecified atom stereocenters. The van der Waals surface area contributed by atoms with E-state index in [1.165, 1.54) is 0 Å². The maximum Gasteiger partial charge on any atom is 0.109 e. The van der Waals surface area contributed by atoms with Crippen molar-refractivity contribution in [3.63, 3.8) is 0 Å². The molecule has 1 rings (SSSR count). The van der Waals surface area contributed by atoms with Gasteiger partial charge in [-0.05, 0) is 19.1 Å². The summed E-state index contributed by atoms with van der Waals surface area (Å²) in [5.41, 5.74) is 12.7. The van der Waals surface area contributed by atoms with Crippen molar-refractivity contribution >= 4 is 0 Å². The molecule has 0 radical (unpaired) electrons. The van der Waals surface area contributed by atoms with Gasteiger partial charge in [0.2, 0.25) is 0 Å². The molecule has 0 aliphatic carbocycles. The maximum absolute atomic E-state index is 5.79. The summed E-state index contributed by atoms with van der Waals surface area (Å²) in [6.45, 7) is 4.21. The van der Waals surface area contributed by atoms with Crippen LogP contribution in [0.4, 0.5) is 0 Å². The second-order valence-corrected chi connectivity index (χ2v) is 3.14. The lowest BCUT2D eigenvalue weighted by molar-refractivity contribution is 0.0509. The van der Waals surface area contributed by atoms with Gasteiger partial charge in [-0.25, -0.2) is 0 Å². The first kappa shape index (κ1) is 10.1. The fourth-order valence-corrected chi connectivity index (χ4v) is 1.11. The van der Waals surface area contributed by atoms with Gasteiger partial charge in [0.15, 0.2) is 0 Å². The third kappa shape index (κ3) is 3.48. The molecule has 1 heterocycles. The smallest absolute Gasteiger partial charge is 0.109 e. The molecule has 5 N–H and O–H groups in total. The molecule has 1 aliphatic heterocycles. The Morgan fingerprint density at radius 1 is 1.46 bits per heavy atom. The third-order valence-corrected chi connectivity index (χ3v) is 1.84. The van der Waals surface area contributed by atoms with Crippen LogP contribution in [0.15, 0.2) is 23.5 Å². The van der Waals surface area contributed by atoms with E-state index in [1.807, 2.05) is 6.92 Å². The predicted molar refractivity (Wildman–Crippen MR) is 52.8 cm³/mol. The van der Waals surface area contributed by atoms with Crippen molar-refractivity contribution < 1.29 is 4.74 Å². The van der Waals surface area contributed by atoms with E-state index in [0.29, 0.717) is 6.61 Å². The van der Waals surface area contributed by atoms with E-state index in [9.17, 15) is 0 Å². The van der Waals surface area contributed by atoms with Gasteiger partial charge in [0, 0.05) is 24.5 Å². The van der Waals surface area contributed by atoms with Crippen molar-refractivity contribution in [3.05, 3.63) is 23.5 Å². The fraction of sp³-hybridized carbons (Fsp3) is 0.556. The molecule has 1 saturated heterocycles. The van der Waals surface area contributed by atoms with Gasteiger partial charge in [-0.2, -0.15) is 0 Å². The highest BCUT2D eigenvalue weighted by molar-refractivity contribution is 5.16. The fourth-order valence-electron chi connectivity index (χ4n) is 1.11. The lowest BCUT2D eigenvalue weighted by Crippen LogP contribution is -2.41. The minimum atomic E-state index is -0.00986. The minimum Gasteiger partial charge on any atom is -0.402 e. The van der Waals surface area contributed by atoms with Gasteiger partial charge >= 0.3 is 0 Å². The van der Waals surface area contributed by atoms with E-state index in [0.717, 1.165) is 24.5 Å². The van der Waals surface area contributed by atoms with Crippen molar-refractivity contribution in [3.8, 4) is 0 Å². The number of allylic oxidation sites excluding steroid dienone is 3. The number of hydrogen-bond acceptors (Lipinski definition) is 4. The predicted octanol–water partition coefficient (Wildman–Crippen LogP) is -0.320. The van der Waals surface area contributed by atoms with E-state index < -0.39 is 0 Å². The number of ether oxygens (including phenoxy) is 1. The van der Waals surface area contributed by atoms with Crippen LogP contribution in [0.5, 0.6) is 0 Å². The Kier molecular flexibility index (Phi) is 3.79. The molecule has 1 atom stereocenters. The van der Waals surface area contributed by atoms with Gasteiger partial charge in [-0.15, -0.1) is 0 Å². The zero-order valence-electron chi connectivity index (χ0n) is 7.92.